The number of ether oxygens (including phenoxy) is 1. The quantitative estimate of drug-likeness (QED) is 0.291. The highest BCUT2D eigenvalue weighted by molar-refractivity contribution is 8.05. The van der Waals surface area contributed by atoms with Crippen LogP contribution in [-0.2, 0) is 17.8 Å². The Morgan fingerprint density at radius 3 is 2.26 bits per heavy atom. The Labute approximate surface area is 222 Å². The smallest absolute Gasteiger partial charge is 0.260 e. The lowest BCUT2D eigenvalue weighted by atomic mass is 10.1. The van der Waals surface area contributed by atoms with Gasteiger partial charge in [0.2, 0.25) is 0 Å². The van der Waals surface area contributed by atoms with Crippen molar-refractivity contribution < 1.29 is 9.53 Å². The number of hydrogen-bond donors (Lipinski definition) is 2. The fraction of sp³-hybridized carbons (Fsp3) is 0.160. The zero-order valence-corrected chi connectivity index (χ0v) is 21.8. The largest absolute Gasteiger partial charge is 0.486 e. The average Bonchev–Trinajstić information content (AvgIpc) is 3.14. The van der Waals surface area contributed by atoms with E-state index in [0.717, 1.165) is 17.7 Å². The summed E-state index contributed by atoms with van der Waals surface area (Å²) in [7, 11) is 0. The summed E-state index contributed by atoms with van der Waals surface area (Å²) in [6.45, 7) is 2.33. The van der Waals surface area contributed by atoms with Crippen molar-refractivity contribution in [1.82, 2.24) is 5.32 Å². The van der Waals surface area contributed by atoms with Gasteiger partial charge in [-0.3, -0.25) is 4.79 Å². The molecule has 9 heteroatoms. The standard InChI is InChI=1S/C25H20Cl4N2O2S/c1-2-14-3-6-17(7-4-14)30-25-31-24(32)22(34-25)12-16-10-20(28)23(21(29)11-16)33-13-15-5-8-18(26)19(27)9-15/h3-12,25,30H,2,13H2,1H3,(H,31,32)/b22-12-/t25-/m1/s1. The average molecular weight is 554 g/mol. The number of anilines is 1. The fourth-order valence-electron chi connectivity index (χ4n) is 3.29. The fourth-order valence-corrected chi connectivity index (χ4v) is 5.21. The number of amides is 1. The number of halogens is 4. The van der Waals surface area contributed by atoms with Crippen molar-refractivity contribution in [2.24, 2.45) is 0 Å². The Balaban J connectivity index is 1.43. The number of carbonyl (C=O) groups is 1. The molecule has 0 spiro atoms. The molecule has 3 aromatic rings. The summed E-state index contributed by atoms with van der Waals surface area (Å²) in [6, 6.07) is 16.8. The van der Waals surface area contributed by atoms with Crippen LogP contribution in [0, 0.1) is 0 Å². The normalized spacial score (nSPS) is 16.6. The van der Waals surface area contributed by atoms with Crippen molar-refractivity contribution in [3.8, 4) is 5.75 Å². The molecule has 0 saturated carbocycles. The molecule has 1 aliphatic rings. The van der Waals surface area contributed by atoms with Gasteiger partial charge >= 0.3 is 0 Å². The third-order valence-electron chi connectivity index (χ3n) is 5.08. The first-order chi connectivity index (χ1) is 16.3. The van der Waals surface area contributed by atoms with E-state index < -0.39 is 0 Å². The first-order valence-corrected chi connectivity index (χ1v) is 12.8. The predicted octanol–water partition coefficient (Wildman–Crippen LogP) is 8.04. The molecular formula is C25H20Cl4N2O2S. The van der Waals surface area contributed by atoms with Gasteiger partial charge in [0.15, 0.2) is 11.2 Å². The van der Waals surface area contributed by atoms with Gasteiger partial charge in [-0.1, -0.05) is 83.3 Å². The Morgan fingerprint density at radius 1 is 0.941 bits per heavy atom. The number of carbonyl (C=O) groups excluding carboxylic acids is 1. The van der Waals surface area contributed by atoms with E-state index in [1.54, 1.807) is 30.3 Å². The highest BCUT2D eigenvalue weighted by atomic mass is 35.5. The highest BCUT2D eigenvalue weighted by Crippen LogP contribution is 2.37. The van der Waals surface area contributed by atoms with Crippen LogP contribution in [0.3, 0.4) is 0 Å². The summed E-state index contributed by atoms with van der Waals surface area (Å²) < 4.78 is 5.81. The van der Waals surface area contributed by atoms with Gasteiger partial charge in [0.25, 0.3) is 5.91 Å². The molecule has 1 atom stereocenters. The summed E-state index contributed by atoms with van der Waals surface area (Å²) >= 11 is 26.3. The number of nitrogens with one attached hydrogen (secondary N) is 2. The van der Waals surface area contributed by atoms with Gasteiger partial charge in [0, 0.05) is 5.69 Å². The molecule has 1 saturated heterocycles. The monoisotopic (exact) mass is 552 g/mol. The van der Waals surface area contributed by atoms with Gasteiger partial charge in [-0.05, 0) is 65.6 Å². The molecule has 0 aromatic heterocycles. The SMILES string of the molecule is CCc1ccc(N[C@@H]2NC(=O)/C(=C/c3cc(Cl)c(OCc4ccc(Cl)c(Cl)c4)c(Cl)c3)S2)cc1. The van der Waals surface area contributed by atoms with Gasteiger partial charge in [-0.25, -0.2) is 0 Å². The van der Waals surface area contributed by atoms with Gasteiger partial charge in [-0.2, -0.15) is 0 Å². The molecule has 1 fully saturated rings. The van der Waals surface area contributed by atoms with Crippen LogP contribution < -0.4 is 15.4 Å². The number of benzene rings is 3. The van der Waals surface area contributed by atoms with E-state index in [0.29, 0.717) is 36.3 Å². The second-order valence-corrected chi connectivity index (χ2v) is 10.3. The minimum Gasteiger partial charge on any atom is -0.486 e. The van der Waals surface area contributed by atoms with Crippen LogP contribution in [0.1, 0.15) is 23.6 Å². The van der Waals surface area contributed by atoms with Crippen molar-refractivity contribution in [3.63, 3.8) is 0 Å². The topological polar surface area (TPSA) is 50.4 Å². The summed E-state index contributed by atoms with van der Waals surface area (Å²) in [5, 5.41) is 7.83. The van der Waals surface area contributed by atoms with Crippen LogP contribution >= 0.6 is 58.2 Å². The highest BCUT2D eigenvalue weighted by Gasteiger charge is 2.27. The van der Waals surface area contributed by atoms with Crippen LogP contribution in [-0.4, -0.2) is 11.4 Å². The van der Waals surface area contributed by atoms with E-state index in [1.165, 1.54) is 17.3 Å². The van der Waals surface area contributed by atoms with E-state index in [2.05, 4.69) is 29.7 Å². The second kappa shape index (κ2) is 11.1. The Hall–Kier alpha value is -2.02. The van der Waals surface area contributed by atoms with Crippen LogP contribution in [0.5, 0.6) is 5.75 Å². The van der Waals surface area contributed by atoms with Crippen LogP contribution in [0.2, 0.25) is 20.1 Å². The molecule has 0 unspecified atom stereocenters. The van der Waals surface area contributed by atoms with E-state index in [9.17, 15) is 4.79 Å². The molecule has 34 heavy (non-hydrogen) atoms. The molecule has 3 aromatic carbocycles. The maximum atomic E-state index is 12.5. The third-order valence-corrected chi connectivity index (χ3v) is 7.41. The van der Waals surface area contributed by atoms with Gasteiger partial charge in [0.05, 0.1) is 25.0 Å². The van der Waals surface area contributed by atoms with E-state index in [4.69, 9.17) is 51.1 Å². The maximum absolute atomic E-state index is 12.5. The summed E-state index contributed by atoms with van der Waals surface area (Å²) in [6.07, 6.45) is 2.73. The zero-order valence-electron chi connectivity index (χ0n) is 18.0. The third kappa shape index (κ3) is 6.15. The minimum atomic E-state index is -0.272. The zero-order chi connectivity index (χ0) is 24.2. The van der Waals surface area contributed by atoms with E-state index in [1.807, 2.05) is 18.2 Å². The lowest BCUT2D eigenvalue weighted by molar-refractivity contribution is -0.116. The van der Waals surface area contributed by atoms with E-state index >= 15 is 0 Å². The first-order valence-electron chi connectivity index (χ1n) is 10.4. The molecule has 2 N–H and O–H groups in total. The molecule has 4 nitrogen and oxygen atoms in total. The molecule has 4 rings (SSSR count). The molecule has 176 valence electrons. The number of thioether (sulfide) groups is 1. The van der Waals surface area contributed by atoms with Crippen molar-refractivity contribution in [3.05, 3.63) is 96.3 Å². The van der Waals surface area contributed by atoms with Crippen molar-refractivity contribution in [1.29, 1.82) is 0 Å². The van der Waals surface area contributed by atoms with Gasteiger partial charge < -0.3 is 15.4 Å². The van der Waals surface area contributed by atoms with Gasteiger partial charge in [-0.15, -0.1) is 0 Å². The summed E-state index contributed by atoms with van der Waals surface area (Å²) in [5.41, 5.74) is 3.45. The van der Waals surface area contributed by atoms with Crippen molar-refractivity contribution >= 4 is 75.8 Å². The number of aryl methyl sites for hydroxylation is 1. The summed E-state index contributed by atoms with van der Waals surface area (Å²) in [5.74, 6) is 0.190. The minimum absolute atomic E-state index is 0.167. The second-order valence-electron chi connectivity index (χ2n) is 7.53. The Bertz CT molecular complexity index is 1230. The van der Waals surface area contributed by atoms with Crippen LogP contribution in [0.25, 0.3) is 6.08 Å². The molecule has 1 aliphatic heterocycles. The molecule has 0 radical (unpaired) electrons. The molecular weight excluding hydrogens is 534 g/mol. The molecule has 0 aliphatic carbocycles. The van der Waals surface area contributed by atoms with Crippen LogP contribution in [0.15, 0.2) is 59.5 Å². The molecule has 1 heterocycles. The number of rotatable bonds is 7. The Kier molecular flexibility index (Phi) is 8.22. The maximum Gasteiger partial charge on any atom is 0.260 e. The predicted molar refractivity (Wildman–Crippen MR) is 144 cm³/mol. The lowest BCUT2D eigenvalue weighted by Crippen LogP contribution is -2.30. The first kappa shape index (κ1) is 25.1. The molecule has 0 bridgehead atoms. The van der Waals surface area contributed by atoms with E-state index in [-0.39, 0.29) is 18.0 Å². The number of hydrogen-bond acceptors (Lipinski definition) is 4. The summed E-state index contributed by atoms with van der Waals surface area (Å²) in [4.78, 5) is 13.0. The van der Waals surface area contributed by atoms with Gasteiger partial charge in [0.1, 0.15) is 6.61 Å². The van der Waals surface area contributed by atoms with Crippen LogP contribution in [0.4, 0.5) is 5.69 Å². The Morgan fingerprint density at radius 2 is 1.62 bits per heavy atom. The lowest BCUT2D eigenvalue weighted by Gasteiger charge is -2.13. The molecule has 1 amide bonds. The van der Waals surface area contributed by atoms with Crippen molar-refractivity contribution in [2.45, 2.75) is 25.4 Å². The van der Waals surface area contributed by atoms with Crippen molar-refractivity contribution in [2.75, 3.05) is 5.32 Å².